The Balaban J connectivity index is 1.74. The van der Waals surface area contributed by atoms with E-state index in [2.05, 4.69) is 15.9 Å². The molecule has 1 aromatic rings. The van der Waals surface area contributed by atoms with Crippen LogP contribution in [-0.4, -0.2) is 23.7 Å². The molecule has 0 amide bonds. The van der Waals surface area contributed by atoms with Crippen LogP contribution in [0, 0.1) is 11.7 Å². The van der Waals surface area contributed by atoms with Crippen molar-refractivity contribution in [2.75, 3.05) is 18.1 Å². The van der Waals surface area contributed by atoms with Gasteiger partial charge in [0.1, 0.15) is 5.82 Å². The van der Waals surface area contributed by atoms with Crippen molar-refractivity contribution < 1.29 is 9.13 Å². The molecule has 2 unspecified atom stereocenters. The molecule has 0 aliphatic carbocycles. The summed E-state index contributed by atoms with van der Waals surface area (Å²) in [6.07, 6.45) is 4.29. The molecule has 2 N–H and O–H groups in total. The predicted molar refractivity (Wildman–Crippen MR) is 89.0 cm³/mol. The second-order valence-corrected chi connectivity index (χ2v) is 8.18. The van der Waals surface area contributed by atoms with E-state index in [4.69, 9.17) is 10.5 Å². The van der Waals surface area contributed by atoms with Crippen LogP contribution in [0.3, 0.4) is 0 Å². The molecule has 116 valence electrons. The van der Waals surface area contributed by atoms with Crippen LogP contribution in [0.15, 0.2) is 22.7 Å². The SMILES string of the molecule is NC(c1ccc(F)c(Br)c1)C1CCOC2(CCSCC2)C1. The van der Waals surface area contributed by atoms with Gasteiger partial charge in [-0.25, -0.2) is 4.39 Å². The van der Waals surface area contributed by atoms with Gasteiger partial charge in [-0.05, 0) is 76.7 Å². The first-order valence-electron chi connectivity index (χ1n) is 7.52. The third kappa shape index (κ3) is 3.46. The van der Waals surface area contributed by atoms with Gasteiger partial charge in [-0.3, -0.25) is 0 Å². The summed E-state index contributed by atoms with van der Waals surface area (Å²) < 4.78 is 20.0. The molecule has 3 rings (SSSR count). The highest BCUT2D eigenvalue weighted by molar-refractivity contribution is 9.10. The Bertz CT molecular complexity index is 502. The quantitative estimate of drug-likeness (QED) is 0.839. The number of halogens is 2. The van der Waals surface area contributed by atoms with Gasteiger partial charge >= 0.3 is 0 Å². The molecule has 2 aliphatic rings. The van der Waals surface area contributed by atoms with Crippen molar-refractivity contribution in [3.8, 4) is 0 Å². The van der Waals surface area contributed by atoms with Crippen LogP contribution in [0.1, 0.15) is 37.3 Å². The number of benzene rings is 1. The van der Waals surface area contributed by atoms with Crippen molar-refractivity contribution in [3.63, 3.8) is 0 Å². The second-order valence-electron chi connectivity index (χ2n) is 6.10. The van der Waals surface area contributed by atoms with Crippen LogP contribution in [0.2, 0.25) is 0 Å². The van der Waals surface area contributed by atoms with E-state index in [1.165, 1.54) is 17.6 Å². The largest absolute Gasteiger partial charge is 0.375 e. The van der Waals surface area contributed by atoms with Crippen LogP contribution >= 0.6 is 27.7 Å². The molecule has 0 radical (unpaired) electrons. The first kappa shape index (κ1) is 15.8. The lowest BCUT2D eigenvalue weighted by Crippen LogP contribution is -2.45. The highest BCUT2D eigenvalue weighted by Crippen LogP contribution is 2.43. The molecular weight excluding hydrogens is 353 g/mol. The third-order valence-corrected chi connectivity index (χ3v) is 6.36. The van der Waals surface area contributed by atoms with E-state index in [0.29, 0.717) is 10.4 Å². The number of nitrogens with two attached hydrogens (primary N) is 1. The lowest BCUT2D eigenvalue weighted by Gasteiger charge is -2.44. The molecule has 2 nitrogen and oxygen atoms in total. The number of ether oxygens (including phenoxy) is 1. The topological polar surface area (TPSA) is 35.2 Å². The van der Waals surface area contributed by atoms with Crippen LogP contribution in [0.25, 0.3) is 0 Å². The van der Waals surface area contributed by atoms with Gasteiger partial charge in [0.05, 0.1) is 10.1 Å². The summed E-state index contributed by atoms with van der Waals surface area (Å²) in [6, 6.07) is 5.07. The maximum Gasteiger partial charge on any atom is 0.137 e. The number of hydrogen-bond acceptors (Lipinski definition) is 3. The van der Waals surface area contributed by atoms with Gasteiger partial charge in [0.2, 0.25) is 0 Å². The Kier molecular flexibility index (Phi) is 4.94. The molecule has 2 atom stereocenters. The van der Waals surface area contributed by atoms with Crippen molar-refractivity contribution in [3.05, 3.63) is 34.1 Å². The van der Waals surface area contributed by atoms with Crippen LogP contribution in [0.4, 0.5) is 4.39 Å². The Hall–Kier alpha value is -0.100. The molecule has 2 heterocycles. The fraction of sp³-hybridized carbons (Fsp3) is 0.625. The average Bonchev–Trinajstić information content (AvgIpc) is 2.50. The van der Waals surface area contributed by atoms with E-state index in [9.17, 15) is 4.39 Å². The van der Waals surface area contributed by atoms with Crippen LogP contribution in [-0.2, 0) is 4.74 Å². The molecule has 1 spiro atoms. The van der Waals surface area contributed by atoms with E-state index in [1.807, 2.05) is 23.9 Å². The van der Waals surface area contributed by atoms with E-state index in [1.54, 1.807) is 0 Å². The van der Waals surface area contributed by atoms with Gasteiger partial charge in [-0.15, -0.1) is 0 Å². The first-order chi connectivity index (χ1) is 10.1. The molecule has 0 aromatic heterocycles. The molecule has 2 saturated heterocycles. The van der Waals surface area contributed by atoms with Crippen LogP contribution < -0.4 is 5.73 Å². The minimum Gasteiger partial charge on any atom is -0.375 e. The Labute approximate surface area is 138 Å². The summed E-state index contributed by atoms with van der Waals surface area (Å²) in [7, 11) is 0. The smallest absolute Gasteiger partial charge is 0.137 e. The summed E-state index contributed by atoms with van der Waals surface area (Å²) >= 11 is 5.26. The van der Waals surface area contributed by atoms with Gasteiger partial charge < -0.3 is 10.5 Å². The van der Waals surface area contributed by atoms with Gasteiger partial charge in [0.15, 0.2) is 0 Å². The van der Waals surface area contributed by atoms with E-state index in [0.717, 1.165) is 37.9 Å². The van der Waals surface area contributed by atoms with Gasteiger partial charge in [-0.1, -0.05) is 6.07 Å². The number of thioether (sulfide) groups is 1. The Morgan fingerprint density at radius 2 is 2.14 bits per heavy atom. The van der Waals surface area contributed by atoms with Crippen molar-refractivity contribution in [2.45, 2.75) is 37.3 Å². The van der Waals surface area contributed by atoms with E-state index >= 15 is 0 Å². The lowest BCUT2D eigenvalue weighted by molar-refractivity contribution is -0.105. The number of hydrogen-bond donors (Lipinski definition) is 1. The maximum absolute atomic E-state index is 13.4. The molecule has 2 aliphatic heterocycles. The zero-order chi connectivity index (χ0) is 14.9. The van der Waals surface area contributed by atoms with Crippen molar-refractivity contribution >= 4 is 27.7 Å². The zero-order valence-electron chi connectivity index (χ0n) is 12.0. The average molecular weight is 374 g/mol. The predicted octanol–water partition coefficient (Wildman–Crippen LogP) is 4.28. The van der Waals surface area contributed by atoms with Crippen molar-refractivity contribution in [2.24, 2.45) is 11.7 Å². The summed E-state index contributed by atoms with van der Waals surface area (Å²) in [5.74, 6) is 2.55. The molecule has 0 saturated carbocycles. The monoisotopic (exact) mass is 373 g/mol. The van der Waals surface area contributed by atoms with E-state index in [-0.39, 0.29) is 17.5 Å². The highest BCUT2D eigenvalue weighted by atomic mass is 79.9. The molecule has 21 heavy (non-hydrogen) atoms. The third-order valence-electron chi connectivity index (χ3n) is 4.77. The molecule has 5 heteroatoms. The molecule has 2 fully saturated rings. The standard InChI is InChI=1S/C16H21BrFNOS/c17-13-9-11(1-2-14(13)18)15(19)12-3-6-20-16(10-12)4-7-21-8-5-16/h1-2,9,12,15H,3-8,10,19H2. The second kappa shape index (κ2) is 6.57. The van der Waals surface area contributed by atoms with Gasteiger partial charge in [0.25, 0.3) is 0 Å². The molecule has 1 aromatic carbocycles. The fourth-order valence-electron chi connectivity index (χ4n) is 3.46. The lowest BCUT2D eigenvalue weighted by atomic mass is 9.77. The summed E-state index contributed by atoms with van der Waals surface area (Å²) in [5, 5.41) is 0. The molecular formula is C16H21BrFNOS. The normalized spacial score (nSPS) is 26.7. The zero-order valence-corrected chi connectivity index (χ0v) is 14.4. The maximum atomic E-state index is 13.4. The minimum atomic E-state index is -0.237. The summed E-state index contributed by atoms with van der Waals surface area (Å²) in [4.78, 5) is 0. The highest BCUT2D eigenvalue weighted by Gasteiger charge is 2.40. The van der Waals surface area contributed by atoms with Crippen molar-refractivity contribution in [1.82, 2.24) is 0 Å². The van der Waals surface area contributed by atoms with E-state index < -0.39 is 0 Å². The number of rotatable bonds is 2. The Morgan fingerprint density at radius 1 is 1.38 bits per heavy atom. The minimum absolute atomic E-state index is 0.0442. The van der Waals surface area contributed by atoms with Crippen molar-refractivity contribution in [1.29, 1.82) is 0 Å². The van der Waals surface area contributed by atoms with Gasteiger partial charge in [-0.2, -0.15) is 11.8 Å². The Morgan fingerprint density at radius 3 is 2.86 bits per heavy atom. The summed E-state index contributed by atoms with van der Waals surface area (Å²) in [5.41, 5.74) is 7.53. The fourth-order valence-corrected chi connectivity index (χ4v) is 5.09. The first-order valence-corrected chi connectivity index (χ1v) is 9.47. The van der Waals surface area contributed by atoms with Crippen LogP contribution in [0.5, 0.6) is 0 Å². The molecule has 0 bridgehead atoms. The van der Waals surface area contributed by atoms with Gasteiger partial charge in [0, 0.05) is 12.6 Å². The summed E-state index contributed by atoms with van der Waals surface area (Å²) in [6.45, 7) is 0.797.